The number of carboxylic acids is 1. The lowest BCUT2D eigenvalue weighted by Gasteiger charge is -2.32. The molecule has 2 aromatic carbocycles. The number of hydrogen-bond donors (Lipinski definition) is 2. The van der Waals surface area contributed by atoms with E-state index in [1.165, 1.54) is 6.33 Å². The number of aliphatic carboxylic acids is 1. The first-order chi connectivity index (χ1) is 16.5. The topological polar surface area (TPSA) is 108 Å². The van der Waals surface area contributed by atoms with Crippen LogP contribution in [-0.4, -0.2) is 44.9 Å². The van der Waals surface area contributed by atoms with E-state index in [0.29, 0.717) is 59.0 Å². The Hall–Kier alpha value is -3.91. The van der Waals surface area contributed by atoms with Gasteiger partial charge < -0.3 is 19.7 Å². The molecule has 8 nitrogen and oxygen atoms in total. The number of para-hydroxylation sites is 1. The molecule has 0 amide bonds. The fourth-order valence-corrected chi connectivity index (χ4v) is 4.51. The van der Waals surface area contributed by atoms with Crippen LogP contribution in [0.3, 0.4) is 0 Å². The third-order valence-electron chi connectivity index (χ3n) is 5.93. The van der Waals surface area contributed by atoms with Gasteiger partial charge in [-0.2, -0.15) is 0 Å². The van der Waals surface area contributed by atoms with E-state index in [9.17, 15) is 14.7 Å². The van der Waals surface area contributed by atoms with Gasteiger partial charge in [0.2, 0.25) is 0 Å². The molecule has 172 valence electrons. The van der Waals surface area contributed by atoms with Crippen LogP contribution in [-0.2, 0) is 4.79 Å². The summed E-state index contributed by atoms with van der Waals surface area (Å²) in [5.41, 5.74) is 1.20. The standard InChI is InChI=1S/C25H21ClN4O4/c26-20-11-17(34-16-6-2-1-3-7-16)8-9-18(20)22(31)19-12-27-23-21(19)24(29-14-28-23)30-10-4-5-15(13-30)25(32)33/h1-3,6-9,11-12,14-15H,4-5,10,13H2,(H,32,33)(H,27,28,29). The number of carboxylic acid groups (broad SMARTS) is 1. The summed E-state index contributed by atoms with van der Waals surface area (Å²) in [6, 6.07) is 14.2. The molecule has 0 bridgehead atoms. The smallest absolute Gasteiger partial charge is 0.308 e. The zero-order valence-electron chi connectivity index (χ0n) is 18.1. The Morgan fingerprint density at radius 1 is 1.09 bits per heavy atom. The summed E-state index contributed by atoms with van der Waals surface area (Å²) in [6.45, 7) is 0.980. The average Bonchev–Trinajstić information content (AvgIpc) is 3.29. The van der Waals surface area contributed by atoms with Crippen LogP contribution >= 0.6 is 11.6 Å². The van der Waals surface area contributed by atoms with Crippen molar-refractivity contribution in [1.29, 1.82) is 0 Å². The Morgan fingerprint density at radius 2 is 1.91 bits per heavy atom. The molecule has 0 aliphatic carbocycles. The van der Waals surface area contributed by atoms with Gasteiger partial charge in [-0.25, -0.2) is 9.97 Å². The number of piperidine rings is 1. The van der Waals surface area contributed by atoms with Gasteiger partial charge in [0.15, 0.2) is 5.78 Å². The van der Waals surface area contributed by atoms with Crippen molar-refractivity contribution in [2.75, 3.05) is 18.0 Å². The first kappa shape index (κ1) is 21.9. The van der Waals surface area contributed by atoms with Crippen LogP contribution in [0.4, 0.5) is 5.82 Å². The zero-order valence-corrected chi connectivity index (χ0v) is 18.8. The van der Waals surface area contributed by atoms with E-state index in [-0.39, 0.29) is 10.8 Å². The van der Waals surface area contributed by atoms with Crippen LogP contribution < -0.4 is 9.64 Å². The van der Waals surface area contributed by atoms with E-state index in [4.69, 9.17) is 16.3 Å². The number of anilines is 1. The summed E-state index contributed by atoms with van der Waals surface area (Å²) in [5.74, 6) is 0.125. The number of nitrogens with one attached hydrogen (secondary N) is 1. The minimum atomic E-state index is -0.829. The normalized spacial score (nSPS) is 15.9. The number of rotatable bonds is 6. The van der Waals surface area contributed by atoms with Crippen LogP contribution in [0, 0.1) is 5.92 Å². The van der Waals surface area contributed by atoms with Gasteiger partial charge in [-0.15, -0.1) is 0 Å². The number of ketones is 1. The molecule has 1 atom stereocenters. The molecule has 0 saturated carbocycles. The van der Waals surface area contributed by atoms with Crippen LogP contribution in [0.15, 0.2) is 61.1 Å². The molecule has 2 N–H and O–H groups in total. The predicted molar refractivity (Wildman–Crippen MR) is 128 cm³/mol. The van der Waals surface area contributed by atoms with Gasteiger partial charge in [-0.3, -0.25) is 9.59 Å². The summed E-state index contributed by atoms with van der Waals surface area (Å²) in [5, 5.41) is 10.3. The minimum absolute atomic E-state index is 0.259. The molecule has 9 heteroatoms. The summed E-state index contributed by atoms with van der Waals surface area (Å²) in [7, 11) is 0. The summed E-state index contributed by atoms with van der Waals surface area (Å²) in [4.78, 5) is 38.7. The van der Waals surface area contributed by atoms with Gasteiger partial charge in [-0.1, -0.05) is 29.8 Å². The Kier molecular flexibility index (Phi) is 5.90. The van der Waals surface area contributed by atoms with Gasteiger partial charge >= 0.3 is 5.97 Å². The monoisotopic (exact) mass is 476 g/mol. The lowest BCUT2D eigenvalue weighted by Crippen LogP contribution is -2.39. The van der Waals surface area contributed by atoms with Gasteiger partial charge in [-0.05, 0) is 37.1 Å². The zero-order chi connectivity index (χ0) is 23.7. The van der Waals surface area contributed by atoms with Crippen LogP contribution in [0.5, 0.6) is 11.5 Å². The molecule has 2 aromatic heterocycles. The maximum absolute atomic E-state index is 13.5. The van der Waals surface area contributed by atoms with Crippen molar-refractivity contribution >= 4 is 40.2 Å². The fourth-order valence-electron chi connectivity index (χ4n) is 4.25. The first-order valence-corrected chi connectivity index (χ1v) is 11.3. The van der Waals surface area contributed by atoms with E-state index < -0.39 is 11.9 Å². The Morgan fingerprint density at radius 3 is 2.68 bits per heavy atom. The lowest BCUT2D eigenvalue weighted by atomic mass is 9.97. The molecule has 0 radical (unpaired) electrons. The second kappa shape index (κ2) is 9.15. The van der Waals surface area contributed by atoms with Crippen molar-refractivity contribution in [1.82, 2.24) is 15.0 Å². The van der Waals surface area contributed by atoms with Crippen molar-refractivity contribution in [2.24, 2.45) is 5.92 Å². The van der Waals surface area contributed by atoms with Gasteiger partial charge in [0.05, 0.1) is 21.9 Å². The Bertz CT molecular complexity index is 1370. The SMILES string of the molecule is O=C(c1ccc(Oc2ccccc2)cc1Cl)c1c[nH]c2ncnc(N3CCCC(C(=O)O)C3)c12. The third kappa shape index (κ3) is 4.20. The van der Waals surface area contributed by atoms with Crippen LogP contribution in [0.2, 0.25) is 5.02 Å². The van der Waals surface area contributed by atoms with E-state index >= 15 is 0 Å². The number of hydrogen-bond acceptors (Lipinski definition) is 6. The maximum atomic E-state index is 13.5. The second-order valence-electron chi connectivity index (χ2n) is 8.13. The molecule has 1 saturated heterocycles. The van der Waals surface area contributed by atoms with Gasteiger partial charge in [0.25, 0.3) is 0 Å². The molecule has 1 unspecified atom stereocenters. The number of ether oxygens (including phenoxy) is 1. The van der Waals surface area contributed by atoms with Crippen LogP contribution in [0.1, 0.15) is 28.8 Å². The van der Waals surface area contributed by atoms with Crippen molar-refractivity contribution < 1.29 is 19.4 Å². The number of aromatic amines is 1. The highest BCUT2D eigenvalue weighted by Gasteiger charge is 2.29. The molecule has 1 aliphatic heterocycles. The molecule has 1 fully saturated rings. The quantitative estimate of drug-likeness (QED) is 0.379. The third-order valence-corrected chi connectivity index (χ3v) is 6.24. The van der Waals surface area contributed by atoms with Crippen molar-refractivity contribution in [3.63, 3.8) is 0 Å². The maximum Gasteiger partial charge on any atom is 0.308 e. The van der Waals surface area contributed by atoms with E-state index in [1.54, 1.807) is 24.4 Å². The second-order valence-corrected chi connectivity index (χ2v) is 8.54. The molecule has 0 spiro atoms. The molecular formula is C25H21ClN4O4. The highest BCUT2D eigenvalue weighted by Crippen LogP contribution is 2.33. The molecule has 5 rings (SSSR count). The predicted octanol–water partition coefficient (Wildman–Crippen LogP) is 4.94. The van der Waals surface area contributed by atoms with E-state index in [2.05, 4.69) is 15.0 Å². The van der Waals surface area contributed by atoms with Gasteiger partial charge in [0, 0.05) is 30.9 Å². The van der Waals surface area contributed by atoms with Crippen molar-refractivity contribution in [3.8, 4) is 11.5 Å². The number of carbonyl (C=O) groups excluding carboxylic acids is 1. The van der Waals surface area contributed by atoms with E-state index in [1.807, 2.05) is 35.2 Å². The molecule has 1 aliphatic rings. The summed E-state index contributed by atoms with van der Waals surface area (Å²) >= 11 is 6.48. The summed E-state index contributed by atoms with van der Waals surface area (Å²) < 4.78 is 5.81. The van der Waals surface area contributed by atoms with Crippen molar-refractivity contribution in [3.05, 3.63) is 77.2 Å². The number of nitrogens with zero attached hydrogens (tertiary/aromatic N) is 3. The van der Waals surface area contributed by atoms with E-state index in [0.717, 1.165) is 6.42 Å². The summed E-state index contributed by atoms with van der Waals surface area (Å²) in [6.07, 6.45) is 4.35. The highest BCUT2D eigenvalue weighted by atomic mass is 35.5. The molecular weight excluding hydrogens is 456 g/mol. The lowest BCUT2D eigenvalue weighted by molar-refractivity contribution is -0.141. The largest absolute Gasteiger partial charge is 0.481 e. The Balaban J connectivity index is 1.48. The molecule has 4 aromatic rings. The molecule has 34 heavy (non-hydrogen) atoms. The first-order valence-electron chi connectivity index (χ1n) is 10.9. The number of benzene rings is 2. The average molecular weight is 477 g/mol. The van der Waals surface area contributed by atoms with Crippen molar-refractivity contribution in [2.45, 2.75) is 12.8 Å². The number of halogens is 1. The van der Waals surface area contributed by atoms with Crippen LogP contribution in [0.25, 0.3) is 11.0 Å². The number of H-pyrrole nitrogens is 1. The van der Waals surface area contributed by atoms with Gasteiger partial charge in [0.1, 0.15) is 29.3 Å². The number of carbonyl (C=O) groups is 2. The fraction of sp³-hybridized carbons (Fsp3) is 0.200. The molecule has 3 heterocycles. The number of fused-ring (bicyclic) bond motifs is 1. The Labute approximate surface area is 200 Å². The highest BCUT2D eigenvalue weighted by molar-refractivity contribution is 6.35. The minimum Gasteiger partial charge on any atom is -0.481 e. The number of aromatic nitrogens is 3.